The molecule has 1 aromatic carbocycles. The largest absolute Gasteiger partial charge is 0.380 e. The van der Waals surface area contributed by atoms with Crippen molar-refractivity contribution in [3.05, 3.63) is 42.1 Å². The number of benzene rings is 1. The molecular formula is C14H18N2O. The molecule has 2 unspecified atom stereocenters. The number of pyridine rings is 1. The fourth-order valence-electron chi connectivity index (χ4n) is 1.80. The first-order valence-electron chi connectivity index (χ1n) is 5.84. The van der Waals surface area contributed by atoms with Crippen molar-refractivity contribution in [1.29, 1.82) is 0 Å². The molecule has 2 rings (SSSR count). The van der Waals surface area contributed by atoms with Gasteiger partial charge in [0.15, 0.2) is 0 Å². The van der Waals surface area contributed by atoms with Gasteiger partial charge in [-0.05, 0) is 19.1 Å². The Balaban J connectivity index is 2.19. The third-order valence-electron chi connectivity index (χ3n) is 3.08. The van der Waals surface area contributed by atoms with E-state index in [-0.39, 0.29) is 12.1 Å². The molecule has 17 heavy (non-hydrogen) atoms. The molecule has 0 radical (unpaired) electrons. The molecule has 1 heterocycles. The molecule has 3 heteroatoms. The lowest BCUT2D eigenvalue weighted by atomic mass is 10.1. The van der Waals surface area contributed by atoms with Gasteiger partial charge in [-0.3, -0.25) is 4.98 Å². The Hall–Kier alpha value is -1.45. The molecule has 0 aliphatic rings. The first-order chi connectivity index (χ1) is 8.20. The van der Waals surface area contributed by atoms with E-state index in [0.29, 0.717) is 0 Å². The lowest BCUT2D eigenvalue weighted by molar-refractivity contribution is 0.0953. The summed E-state index contributed by atoms with van der Waals surface area (Å²) in [6.45, 7) is 1.98. The van der Waals surface area contributed by atoms with Crippen LogP contribution in [0.15, 0.2) is 36.4 Å². The Morgan fingerprint density at radius 1 is 1.24 bits per heavy atom. The van der Waals surface area contributed by atoms with E-state index in [9.17, 15) is 0 Å². The number of aromatic nitrogens is 1. The topological polar surface area (TPSA) is 48.1 Å². The number of hydrogen-bond acceptors (Lipinski definition) is 3. The number of nitrogens with two attached hydrogens (primary N) is 1. The van der Waals surface area contributed by atoms with Gasteiger partial charge in [0.1, 0.15) is 0 Å². The van der Waals surface area contributed by atoms with Gasteiger partial charge in [0.05, 0.1) is 11.6 Å². The van der Waals surface area contributed by atoms with Crippen molar-refractivity contribution in [2.45, 2.75) is 25.5 Å². The summed E-state index contributed by atoms with van der Waals surface area (Å²) in [5.74, 6) is 0. The number of ether oxygens (including phenoxy) is 1. The minimum absolute atomic E-state index is 0.0198. The molecule has 0 saturated carbocycles. The summed E-state index contributed by atoms with van der Waals surface area (Å²) >= 11 is 0. The zero-order chi connectivity index (χ0) is 12.3. The van der Waals surface area contributed by atoms with Crippen LogP contribution in [0.25, 0.3) is 10.9 Å². The summed E-state index contributed by atoms with van der Waals surface area (Å²) in [5, 5.41) is 1.16. The van der Waals surface area contributed by atoms with Gasteiger partial charge >= 0.3 is 0 Å². The van der Waals surface area contributed by atoms with Gasteiger partial charge in [0.2, 0.25) is 0 Å². The van der Waals surface area contributed by atoms with Crippen molar-refractivity contribution in [2.24, 2.45) is 5.73 Å². The fraction of sp³-hybridized carbons (Fsp3) is 0.357. The van der Waals surface area contributed by atoms with E-state index in [1.54, 1.807) is 7.11 Å². The SMILES string of the molecule is COC(C)C(N)Cc1ccc2ccccc2n1. The second kappa shape index (κ2) is 5.25. The maximum Gasteiger partial charge on any atom is 0.0705 e. The van der Waals surface area contributed by atoms with E-state index in [0.717, 1.165) is 23.0 Å². The number of rotatable bonds is 4. The van der Waals surface area contributed by atoms with E-state index in [1.165, 1.54) is 0 Å². The van der Waals surface area contributed by atoms with E-state index in [2.05, 4.69) is 17.1 Å². The van der Waals surface area contributed by atoms with Crippen LogP contribution >= 0.6 is 0 Å². The van der Waals surface area contributed by atoms with E-state index in [1.807, 2.05) is 31.2 Å². The molecule has 0 amide bonds. The van der Waals surface area contributed by atoms with E-state index in [4.69, 9.17) is 10.5 Å². The summed E-state index contributed by atoms with van der Waals surface area (Å²) in [6, 6.07) is 12.2. The minimum Gasteiger partial charge on any atom is -0.380 e. The lowest BCUT2D eigenvalue weighted by Crippen LogP contribution is -2.36. The number of methoxy groups -OCH3 is 1. The highest BCUT2D eigenvalue weighted by Gasteiger charge is 2.13. The summed E-state index contributed by atoms with van der Waals surface area (Å²) in [4.78, 5) is 4.60. The van der Waals surface area contributed by atoms with E-state index >= 15 is 0 Å². The molecule has 2 atom stereocenters. The monoisotopic (exact) mass is 230 g/mol. The standard InChI is InChI=1S/C14H18N2O/c1-10(17-2)13(15)9-12-8-7-11-5-3-4-6-14(11)16-12/h3-8,10,13H,9,15H2,1-2H3. The molecule has 0 spiro atoms. The lowest BCUT2D eigenvalue weighted by Gasteiger charge is -2.17. The summed E-state index contributed by atoms with van der Waals surface area (Å²) in [5.41, 5.74) is 8.07. The van der Waals surface area contributed by atoms with Gasteiger partial charge in [-0.15, -0.1) is 0 Å². The quantitative estimate of drug-likeness (QED) is 0.875. The van der Waals surface area contributed by atoms with Crippen LogP contribution in [0.5, 0.6) is 0 Å². The Morgan fingerprint density at radius 2 is 2.00 bits per heavy atom. The third-order valence-corrected chi connectivity index (χ3v) is 3.08. The molecule has 2 N–H and O–H groups in total. The number of nitrogens with zero attached hydrogens (tertiary/aromatic N) is 1. The number of para-hydroxylation sites is 1. The highest BCUT2D eigenvalue weighted by molar-refractivity contribution is 5.78. The Labute approximate surface area is 102 Å². The van der Waals surface area contributed by atoms with Crippen LogP contribution in [0.1, 0.15) is 12.6 Å². The van der Waals surface area contributed by atoms with Crippen LogP contribution in [0.2, 0.25) is 0 Å². The maximum absolute atomic E-state index is 6.04. The van der Waals surface area contributed by atoms with Crippen LogP contribution in [0.3, 0.4) is 0 Å². The van der Waals surface area contributed by atoms with Gasteiger partial charge in [-0.1, -0.05) is 24.3 Å². The van der Waals surface area contributed by atoms with Crippen LogP contribution < -0.4 is 5.73 Å². The number of fused-ring (bicyclic) bond motifs is 1. The zero-order valence-electron chi connectivity index (χ0n) is 10.3. The van der Waals surface area contributed by atoms with Crippen LogP contribution in [-0.4, -0.2) is 24.2 Å². The third kappa shape index (κ3) is 2.81. The molecule has 2 aromatic rings. The highest BCUT2D eigenvalue weighted by Crippen LogP contribution is 2.13. The smallest absolute Gasteiger partial charge is 0.0705 e. The van der Waals surface area contributed by atoms with E-state index < -0.39 is 0 Å². The molecule has 3 nitrogen and oxygen atoms in total. The molecular weight excluding hydrogens is 212 g/mol. The predicted molar refractivity (Wildman–Crippen MR) is 69.9 cm³/mol. The van der Waals surface area contributed by atoms with Crippen molar-refractivity contribution in [3.8, 4) is 0 Å². The molecule has 0 saturated heterocycles. The summed E-state index contributed by atoms with van der Waals surface area (Å²) < 4.78 is 5.22. The van der Waals surface area contributed by atoms with Gasteiger partial charge in [-0.25, -0.2) is 0 Å². The van der Waals surface area contributed by atoms with Crippen molar-refractivity contribution in [1.82, 2.24) is 4.98 Å². The van der Waals surface area contributed by atoms with Crippen LogP contribution in [0, 0.1) is 0 Å². The molecule has 0 aliphatic heterocycles. The van der Waals surface area contributed by atoms with Crippen molar-refractivity contribution < 1.29 is 4.74 Å². The molecule has 0 fully saturated rings. The van der Waals surface area contributed by atoms with Gasteiger partial charge in [0.25, 0.3) is 0 Å². The average Bonchev–Trinajstić information content (AvgIpc) is 2.37. The van der Waals surface area contributed by atoms with Crippen LogP contribution in [0.4, 0.5) is 0 Å². The summed E-state index contributed by atoms with van der Waals surface area (Å²) in [6.07, 6.45) is 0.781. The predicted octanol–water partition coefficient (Wildman–Crippen LogP) is 2.14. The summed E-state index contributed by atoms with van der Waals surface area (Å²) in [7, 11) is 1.68. The second-order valence-electron chi connectivity index (χ2n) is 4.30. The van der Waals surface area contributed by atoms with Crippen LogP contribution in [-0.2, 0) is 11.2 Å². The molecule has 1 aromatic heterocycles. The van der Waals surface area contributed by atoms with Crippen molar-refractivity contribution >= 4 is 10.9 Å². The Bertz CT molecular complexity index is 498. The average molecular weight is 230 g/mol. The van der Waals surface area contributed by atoms with Gasteiger partial charge in [-0.2, -0.15) is 0 Å². The maximum atomic E-state index is 6.04. The molecule has 90 valence electrons. The van der Waals surface area contributed by atoms with Crippen molar-refractivity contribution in [2.75, 3.05) is 7.11 Å². The molecule has 0 aliphatic carbocycles. The van der Waals surface area contributed by atoms with Gasteiger partial charge in [0, 0.05) is 30.7 Å². The molecule has 0 bridgehead atoms. The Morgan fingerprint density at radius 3 is 2.76 bits per heavy atom. The first kappa shape index (κ1) is 12.0. The Kier molecular flexibility index (Phi) is 3.71. The second-order valence-corrected chi connectivity index (χ2v) is 4.30. The number of hydrogen-bond donors (Lipinski definition) is 1. The zero-order valence-corrected chi connectivity index (χ0v) is 10.3. The minimum atomic E-state index is -0.0198. The van der Waals surface area contributed by atoms with Crippen molar-refractivity contribution in [3.63, 3.8) is 0 Å². The first-order valence-corrected chi connectivity index (χ1v) is 5.84. The van der Waals surface area contributed by atoms with Gasteiger partial charge < -0.3 is 10.5 Å². The normalized spacial score (nSPS) is 14.8. The fourth-order valence-corrected chi connectivity index (χ4v) is 1.80. The highest BCUT2D eigenvalue weighted by atomic mass is 16.5.